The van der Waals surface area contributed by atoms with Crippen molar-refractivity contribution in [2.24, 2.45) is 0 Å². The summed E-state index contributed by atoms with van der Waals surface area (Å²) in [6, 6.07) is 19.2. The van der Waals surface area contributed by atoms with Crippen LogP contribution in [0.1, 0.15) is 41.8 Å². The van der Waals surface area contributed by atoms with Gasteiger partial charge in [0.1, 0.15) is 6.17 Å². The van der Waals surface area contributed by atoms with E-state index in [-0.39, 0.29) is 52.9 Å². The van der Waals surface area contributed by atoms with E-state index in [1.54, 1.807) is 19.1 Å². The monoisotopic (exact) mass is 529 g/mol. The van der Waals surface area contributed by atoms with E-state index < -0.39 is 16.1 Å². The second kappa shape index (κ2) is 12.1. The number of nitrogens with zero attached hydrogens (tertiary/aromatic N) is 1. The van der Waals surface area contributed by atoms with E-state index >= 15 is 0 Å². The Morgan fingerprint density at radius 1 is 1.00 bits per heavy atom. The smallest absolute Gasteiger partial charge is 0.328 e. The first-order valence-corrected chi connectivity index (χ1v) is 13.3. The fourth-order valence-corrected chi connectivity index (χ4v) is 5.09. The predicted octanol–water partition coefficient (Wildman–Crippen LogP) is 4.35. The molecular formula is C27H30N4NaO4S. The molecular weight excluding hydrogens is 499 g/mol. The number of anilines is 3. The van der Waals surface area contributed by atoms with Gasteiger partial charge in [-0.3, -0.25) is 4.79 Å². The number of amides is 2. The maximum Gasteiger partial charge on any atom is 0.328 e. The number of carbonyl (C=O) groups excluding carboxylic acids is 2. The number of urea groups is 1. The van der Waals surface area contributed by atoms with Gasteiger partial charge in [0.05, 0.1) is 16.3 Å². The van der Waals surface area contributed by atoms with E-state index in [0.29, 0.717) is 12.0 Å². The summed E-state index contributed by atoms with van der Waals surface area (Å²) in [4.78, 5) is 26.3. The summed E-state index contributed by atoms with van der Waals surface area (Å²) in [5.74, 6) is 0.0243. The second-order valence-electron chi connectivity index (χ2n) is 8.82. The van der Waals surface area contributed by atoms with Gasteiger partial charge >= 0.3 is 6.03 Å². The quantitative estimate of drug-likeness (QED) is 0.296. The van der Waals surface area contributed by atoms with E-state index in [0.717, 1.165) is 34.6 Å². The molecule has 10 heteroatoms. The summed E-state index contributed by atoms with van der Waals surface area (Å²) >= 11 is 0. The van der Waals surface area contributed by atoms with Gasteiger partial charge in [0.15, 0.2) is 5.78 Å². The number of carbonyl (C=O) groups is 2. The van der Waals surface area contributed by atoms with Gasteiger partial charge in [-0.2, -0.15) is 0 Å². The van der Waals surface area contributed by atoms with Crippen LogP contribution in [0.4, 0.5) is 21.9 Å². The molecule has 3 aromatic rings. The predicted molar refractivity (Wildman–Crippen MR) is 147 cm³/mol. The number of ketones is 1. The first-order chi connectivity index (χ1) is 17.2. The van der Waals surface area contributed by atoms with Gasteiger partial charge in [0.25, 0.3) is 10.0 Å². The van der Waals surface area contributed by atoms with Crippen molar-refractivity contribution in [3.05, 3.63) is 83.4 Å². The largest absolute Gasteiger partial charge is 0.363 e. The Morgan fingerprint density at radius 3 is 2.30 bits per heavy atom. The molecule has 1 heterocycles. The second-order valence-corrected chi connectivity index (χ2v) is 10.5. The average Bonchev–Trinajstić information content (AvgIpc) is 3.22. The van der Waals surface area contributed by atoms with Crippen LogP contribution >= 0.6 is 0 Å². The van der Waals surface area contributed by atoms with Crippen molar-refractivity contribution in [2.45, 2.75) is 44.7 Å². The SMILES string of the molecule is CCC1Nc2ccc(C(C)=O)cc2N1c1ccc(CCNC(=O)NS(=O)(=O)c2ccc(C)cc2)cc1.[Na]. The zero-order valence-electron chi connectivity index (χ0n) is 21.5. The average molecular weight is 530 g/mol. The fourth-order valence-electron chi connectivity index (χ4n) is 4.17. The third-order valence-electron chi connectivity index (χ3n) is 6.16. The summed E-state index contributed by atoms with van der Waals surface area (Å²) in [5, 5.41) is 6.11. The molecule has 1 radical (unpaired) electrons. The number of aryl methyl sites for hydroxylation is 1. The molecule has 0 aromatic heterocycles. The van der Waals surface area contributed by atoms with Crippen molar-refractivity contribution in [3.8, 4) is 0 Å². The summed E-state index contributed by atoms with van der Waals surface area (Å²) < 4.78 is 26.7. The number of hydrogen-bond donors (Lipinski definition) is 3. The van der Waals surface area contributed by atoms with Crippen LogP contribution in [0.3, 0.4) is 0 Å². The van der Waals surface area contributed by atoms with Crippen molar-refractivity contribution in [3.63, 3.8) is 0 Å². The Labute approximate surface area is 240 Å². The Kier molecular flexibility index (Phi) is 9.41. The molecule has 4 rings (SSSR count). The van der Waals surface area contributed by atoms with E-state index in [1.807, 2.05) is 54.1 Å². The molecule has 2 amide bonds. The Morgan fingerprint density at radius 2 is 1.68 bits per heavy atom. The third kappa shape index (κ3) is 6.73. The molecule has 0 spiro atoms. The summed E-state index contributed by atoms with van der Waals surface area (Å²) in [5.41, 5.74) is 5.55. The summed E-state index contributed by atoms with van der Waals surface area (Å²) in [6.07, 6.45) is 1.49. The zero-order chi connectivity index (χ0) is 25.9. The van der Waals surface area contributed by atoms with Crippen molar-refractivity contribution >= 4 is 68.5 Å². The van der Waals surface area contributed by atoms with Crippen LogP contribution in [0.2, 0.25) is 0 Å². The van der Waals surface area contributed by atoms with Gasteiger partial charge in [-0.25, -0.2) is 17.9 Å². The first kappa shape index (κ1) is 28.7. The minimum absolute atomic E-state index is 0. The standard InChI is InChI=1S/C27H30N4O4S.Na/c1-4-26-29-24-14-9-21(19(3)32)17-25(24)31(26)22-10-7-20(8-11-22)15-16-28-27(33)30-36(34,35)23-12-5-18(2)6-13-23;/h5-14,17,26,29H,4,15-16H2,1-3H3,(H2,28,30,33);. The van der Waals surface area contributed by atoms with Crippen LogP contribution in [-0.2, 0) is 16.4 Å². The minimum atomic E-state index is -3.92. The van der Waals surface area contributed by atoms with E-state index in [1.165, 1.54) is 12.1 Å². The topological polar surface area (TPSA) is 108 Å². The van der Waals surface area contributed by atoms with Crippen molar-refractivity contribution in [1.82, 2.24) is 10.0 Å². The number of fused-ring (bicyclic) bond motifs is 1. The van der Waals surface area contributed by atoms with E-state index in [4.69, 9.17) is 0 Å². The number of nitrogens with one attached hydrogen (secondary N) is 3. The van der Waals surface area contributed by atoms with E-state index in [2.05, 4.69) is 22.5 Å². The molecule has 0 saturated heterocycles. The maximum absolute atomic E-state index is 12.3. The molecule has 0 bridgehead atoms. The molecule has 1 aliphatic heterocycles. The number of benzene rings is 3. The Hall–Kier alpha value is -2.85. The molecule has 3 aromatic carbocycles. The van der Waals surface area contributed by atoms with Crippen LogP contribution in [0.15, 0.2) is 71.6 Å². The molecule has 1 aliphatic rings. The summed E-state index contributed by atoms with van der Waals surface area (Å²) in [7, 11) is -3.92. The van der Waals surface area contributed by atoms with Crippen LogP contribution in [0, 0.1) is 6.92 Å². The van der Waals surface area contributed by atoms with Gasteiger partial charge in [0.2, 0.25) is 0 Å². The molecule has 1 atom stereocenters. The number of Topliss-reactive ketones (excluding diaryl/α,β-unsaturated/α-hetero) is 1. The third-order valence-corrected chi connectivity index (χ3v) is 7.50. The Bertz CT molecular complexity index is 1380. The maximum atomic E-state index is 12.3. The van der Waals surface area contributed by atoms with Crippen molar-refractivity contribution in [2.75, 3.05) is 16.8 Å². The zero-order valence-corrected chi connectivity index (χ0v) is 24.4. The molecule has 37 heavy (non-hydrogen) atoms. The Balaban J connectivity index is 0.00000380. The van der Waals surface area contributed by atoms with Crippen LogP contribution in [0.5, 0.6) is 0 Å². The molecule has 0 aliphatic carbocycles. The van der Waals surface area contributed by atoms with Gasteiger partial charge < -0.3 is 15.5 Å². The van der Waals surface area contributed by atoms with Crippen molar-refractivity contribution < 1.29 is 18.0 Å². The number of sulfonamides is 1. The van der Waals surface area contributed by atoms with Gasteiger partial charge in [0, 0.05) is 47.4 Å². The number of rotatable bonds is 8. The molecule has 0 fully saturated rings. The molecule has 1 unspecified atom stereocenters. The van der Waals surface area contributed by atoms with E-state index in [9.17, 15) is 18.0 Å². The molecule has 189 valence electrons. The van der Waals surface area contributed by atoms with Gasteiger partial charge in [-0.15, -0.1) is 0 Å². The molecule has 8 nitrogen and oxygen atoms in total. The number of hydrogen-bond acceptors (Lipinski definition) is 6. The van der Waals surface area contributed by atoms with Crippen LogP contribution < -0.4 is 20.3 Å². The fraction of sp³-hybridized carbons (Fsp3) is 0.259. The van der Waals surface area contributed by atoms with Gasteiger partial charge in [-0.05, 0) is 74.7 Å². The van der Waals surface area contributed by atoms with Crippen LogP contribution in [-0.4, -0.2) is 62.5 Å². The molecule has 0 saturated carbocycles. The molecule has 3 N–H and O–H groups in total. The normalized spacial score (nSPS) is 14.2. The minimum Gasteiger partial charge on any atom is -0.363 e. The first-order valence-electron chi connectivity index (χ1n) is 11.8. The van der Waals surface area contributed by atoms with Gasteiger partial charge in [-0.1, -0.05) is 36.8 Å². The van der Waals surface area contributed by atoms with Crippen molar-refractivity contribution in [1.29, 1.82) is 0 Å². The summed E-state index contributed by atoms with van der Waals surface area (Å²) in [6.45, 7) is 5.80. The van der Waals surface area contributed by atoms with Crippen LogP contribution in [0.25, 0.3) is 0 Å².